The summed E-state index contributed by atoms with van der Waals surface area (Å²) in [6, 6.07) is 5.66. The molecule has 0 fully saturated rings. The minimum Gasteiger partial charge on any atom is -0.492 e. The maximum absolute atomic E-state index is 5.83. The lowest BCUT2D eigenvalue weighted by Crippen LogP contribution is -2.00. The van der Waals surface area contributed by atoms with E-state index in [0.717, 1.165) is 16.8 Å². The van der Waals surface area contributed by atoms with Crippen LogP contribution in [0.15, 0.2) is 18.2 Å². The molecule has 2 rings (SSSR count). The number of aryl methyl sites for hydroxylation is 1. The van der Waals surface area contributed by atoms with Crippen molar-refractivity contribution in [2.45, 2.75) is 6.61 Å². The molecule has 6 nitrogen and oxygen atoms in total. The van der Waals surface area contributed by atoms with Gasteiger partial charge in [-0.05, 0) is 6.07 Å². The fourth-order valence-corrected chi connectivity index (χ4v) is 2.11. The van der Waals surface area contributed by atoms with Crippen molar-refractivity contribution in [2.75, 3.05) is 27.1 Å². The summed E-state index contributed by atoms with van der Waals surface area (Å²) in [4.78, 5) is 0. The zero-order valence-electron chi connectivity index (χ0n) is 12.1. The van der Waals surface area contributed by atoms with Gasteiger partial charge < -0.3 is 19.9 Å². The van der Waals surface area contributed by atoms with Gasteiger partial charge in [0.1, 0.15) is 5.82 Å². The van der Waals surface area contributed by atoms with E-state index >= 15 is 0 Å². The number of rotatable bonds is 5. The molecule has 0 aliphatic heterocycles. The molecule has 0 radical (unpaired) electrons. The largest absolute Gasteiger partial charge is 0.492 e. The Bertz CT molecular complexity index is 588. The Morgan fingerprint density at radius 3 is 2.35 bits per heavy atom. The second-order valence-corrected chi connectivity index (χ2v) is 4.35. The molecule has 2 N–H and O–H groups in total. The molecule has 2 aromatic rings. The third kappa shape index (κ3) is 2.42. The van der Waals surface area contributed by atoms with Crippen LogP contribution in [0.2, 0.25) is 0 Å². The maximum atomic E-state index is 5.83. The second kappa shape index (κ2) is 5.83. The number of benzene rings is 1. The fourth-order valence-electron chi connectivity index (χ4n) is 2.11. The Morgan fingerprint density at radius 2 is 1.85 bits per heavy atom. The molecule has 0 saturated heterocycles. The first-order chi connectivity index (χ1) is 9.62. The molecule has 6 heteroatoms. The first kappa shape index (κ1) is 14.2. The lowest BCUT2D eigenvalue weighted by atomic mass is 10.1. The van der Waals surface area contributed by atoms with Gasteiger partial charge in [-0.25, -0.2) is 0 Å². The van der Waals surface area contributed by atoms with E-state index in [0.29, 0.717) is 23.9 Å². The van der Waals surface area contributed by atoms with Crippen LogP contribution >= 0.6 is 0 Å². The first-order valence-corrected chi connectivity index (χ1v) is 6.15. The number of nitrogens with zero attached hydrogens (tertiary/aromatic N) is 2. The molecule has 0 spiro atoms. The van der Waals surface area contributed by atoms with Gasteiger partial charge in [0.2, 0.25) is 0 Å². The van der Waals surface area contributed by atoms with Crippen molar-refractivity contribution in [1.29, 1.82) is 0 Å². The van der Waals surface area contributed by atoms with Crippen molar-refractivity contribution in [1.82, 2.24) is 9.78 Å². The summed E-state index contributed by atoms with van der Waals surface area (Å²) >= 11 is 0. The van der Waals surface area contributed by atoms with Crippen LogP contribution < -0.4 is 15.2 Å². The Kier molecular flexibility index (Phi) is 4.14. The standard InChI is InChI=1S/C14H19N3O3/c1-17-12(15)7-11(16-17)10-6-5-9(8-18-2)13(19-3)14(10)20-4/h5-7H,8,15H2,1-4H3. The van der Waals surface area contributed by atoms with E-state index in [1.807, 2.05) is 12.1 Å². The third-order valence-corrected chi connectivity index (χ3v) is 3.09. The molecule has 0 amide bonds. The van der Waals surface area contributed by atoms with Gasteiger partial charge in [-0.1, -0.05) is 6.07 Å². The van der Waals surface area contributed by atoms with Crippen molar-refractivity contribution in [3.05, 3.63) is 23.8 Å². The highest BCUT2D eigenvalue weighted by Gasteiger charge is 2.18. The van der Waals surface area contributed by atoms with Crippen molar-refractivity contribution in [2.24, 2.45) is 7.05 Å². The van der Waals surface area contributed by atoms with Gasteiger partial charge in [-0.2, -0.15) is 5.10 Å². The van der Waals surface area contributed by atoms with Crippen LogP contribution in [0.4, 0.5) is 5.82 Å². The smallest absolute Gasteiger partial charge is 0.170 e. The van der Waals surface area contributed by atoms with Gasteiger partial charge in [0, 0.05) is 31.4 Å². The van der Waals surface area contributed by atoms with Crippen LogP contribution in [0.1, 0.15) is 5.56 Å². The van der Waals surface area contributed by atoms with Crippen molar-refractivity contribution in [3.8, 4) is 22.8 Å². The van der Waals surface area contributed by atoms with E-state index < -0.39 is 0 Å². The van der Waals surface area contributed by atoms with E-state index in [-0.39, 0.29) is 0 Å². The number of nitrogens with two attached hydrogens (primary N) is 1. The Balaban J connectivity index is 2.59. The van der Waals surface area contributed by atoms with Crippen LogP contribution in [0.5, 0.6) is 11.5 Å². The van der Waals surface area contributed by atoms with E-state index in [2.05, 4.69) is 5.10 Å². The van der Waals surface area contributed by atoms with Crippen molar-refractivity contribution >= 4 is 5.82 Å². The number of aromatic nitrogens is 2. The van der Waals surface area contributed by atoms with E-state index in [1.54, 1.807) is 39.1 Å². The van der Waals surface area contributed by atoms with Gasteiger partial charge in [0.05, 0.1) is 26.5 Å². The normalized spacial score (nSPS) is 10.6. The number of methoxy groups -OCH3 is 3. The van der Waals surface area contributed by atoms with Gasteiger partial charge >= 0.3 is 0 Å². The SMILES string of the molecule is COCc1ccc(-c2cc(N)n(C)n2)c(OC)c1OC. The molecule has 0 aliphatic carbocycles. The predicted octanol–water partition coefficient (Wildman–Crippen LogP) is 1.83. The zero-order chi connectivity index (χ0) is 14.7. The summed E-state index contributed by atoms with van der Waals surface area (Å²) in [5.41, 5.74) is 8.31. The monoisotopic (exact) mass is 277 g/mol. The summed E-state index contributed by atoms with van der Waals surface area (Å²) < 4.78 is 17.7. The highest BCUT2D eigenvalue weighted by Crippen LogP contribution is 2.40. The zero-order valence-corrected chi connectivity index (χ0v) is 12.1. The Hall–Kier alpha value is -2.21. The molecule has 1 heterocycles. The molecule has 0 atom stereocenters. The molecule has 0 saturated carbocycles. The van der Waals surface area contributed by atoms with Crippen LogP contribution in [0.3, 0.4) is 0 Å². The fraction of sp³-hybridized carbons (Fsp3) is 0.357. The number of anilines is 1. The molecule has 1 aromatic carbocycles. The number of hydrogen-bond acceptors (Lipinski definition) is 5. The van der Waals surface area contributed by atoms with E-state index in [4.69, 9.17) is 19.9 Å². The van der Waals surface area contributed by atoms with E-state index in [9.17, 15) is 0 Å². The van der Waals surface area contributed by atoms with Gasteiger partial charge in [0.15, 0.2) is 11.5 Å². The maximum Gasteiger partial charge on any atom is 0.170 e. The highest BCUT2D eigenvalue weighted by molar-refractivity contribution is 5.74. The summed E-state index contributed by atoms with van der Waals surface area (Å²) in [6.45, 7) is 0.449. The Labute approximate surface area is 118 Å². The number of ether oxygens (including phenoxy) is 3. The molecule has 1 aromatic heterocycles. The van der Waals surface area contributed by atoms with E-state index in [1.165, 1.54) is 0 Å². The second-order valence-electron chi connectivity index (χ2n) is 4.35. The molecular formula is C14H19N3O3. The van der Waals surface area contributed by atoms with Gasteiger partial charge in [-0.15, -0.1) is 0 Å². The minimum atomic E-state index is 0.449. The molecule has 0 unspecified atom stereocenters. The summed E-state index contributed by atoms with van der Waals surface area (Å²) in [7, 11) is 6.64. The van der Waals surface area contributed by atoms with Crippen LogP contribution in [-0.2, 0) is 18.4 Å². The van der Waals surface area contributed by atoms with Crippen molar-refractivity contribution in [3.63, 3.8) is 0 Å². The summed E-state index contributed by atoms with van der Waals surface area (Å²) in [5, 5.41) is 4.36. The molecule has 0 bridgehead atoms. The van der Waals surface area contributed by atoms with Crippen molar-refractivity contribution < 1.29 is 14.2 Å². The average Bonchev–Trinajstić information content (AvgIpc) is 2.78. The summed E-state index contributed by atoms with van der Waals surface area (Å²) in [6.07, 6.45) is 0. The highest BCUT2D eigenvalue weighted by atomic mass is 16.5. The molecule has 20 heavy (non-hydrogen) atoms. The van der Waals surface area contributed by atoms with Gasteiger partial charge in [-0.3, -0.25) is 4.68 Å². The van der Waals surface area contributed by atoms with Crippen LogP contribution in [0.25, 0.3) is 11.3 Å². The first-order valence-electron chi connectivity index (χ1n) is 6.15. The quantitative estimate of drug-likeness (QED) is 0.902. The number of nitrogen functional groups attached to an aromatic ring is 1. The minimum absolute atomic E-state index is 0.449. The molecule has 108 valence electrons. The van der Waals surface area contributed by atoms with Crippen LogP contribution in [-0.4, -0.2) is 31.1 Å². The topological polar surface area (TPSA) is 71.5 Å². The molecular weight excluding hydrogens is 258 g/mol. The number of hydrogen-bond donors (Lipinski definition) is 1. The third-order valence-electron chi connectivity index (χ3n) is 3.09. The van der Waals surface area contributed by atoms with Gasteiger partial charge in [0.25, 0.3) is 0 Å². The Morgan fingerprint density at radius 1 is 1.15 bits per heavy atom. The predicted molar refractivity (Wildman–Crippen MR) is 76.9 cm³/mol. The summed E-state index contributed by atoms with van der Waals surface area (Å²) in [5.74, 6) is 1.86. The lowest BCUT2D eigenvalue weighted by Gasteiger charge is -2.15. The average molecular weight is 277 g/mol. The van der Waals surface area contributed by atoms with Crippen LogP contribution in [0, 0.1) is 0 Å². The molecule has 0 aliphatic rings. The lowest BCUT2D eigenvalue weighted by molar-refractivity contribution is 0.181.